The van der Waals surface area contributed by atoms with Crippen molar-refractivity contribution in [3.63, 3.8) is 0 Å². The van der Waals surface area contributed by atoms with Crippen LogP contribution in [0.25, 0.3) is 10.8 Å². The lowest BCUT2D eigenvalue weighted by Crippen LogP contribution is -2.38. The molecule has 2 aromatic carbocycles. The van der Waals surface area contributed by atoms with Crippen LogP contribution in [0.3, 0.4) is 0 Å². The van der Waals surface area contributed by atoms with Crippen molar-refractivity contribution in [1.82, 2.24) is 10.2 Å². The van der Waals surface area contributed by atoms with Crippen molar-refractivity contribution in [3.8, 4) is 0 Å². The molecule has 0 saturated carbocycles. The van der Waals surface area contributed by atoms with E-state index in [2.05, 4.69) is 5.32 Å². The fourth-order valence-corrected chi connectivity index (χ4v) is 2.94. The largest absolute Gasteiger partial charge is 0.340 e. The minimum absolute atomic E-state index is 0.107. The summed E-state index contributed by atoms with van der Waals surface area (Å²) in [4.78, 5) is 14.5. The number of nitrogens with one attached hydrogen (secondary N) is 1. The van der Waals surface area contributed by atoms with Crippen LogP contribution in [0.4, 0.5) is 0 Å². The first-order chi connectivity index (χ1) is 9.75. The topological polar surface area (TPSA) is 32.3 Å². The molecule has 2 aromatic rings. The van der Waals surface area contributed by atoms with Gasteiger partial charge < -0.3 is 10.2 Å². The van der Waals surface area contributed by atoms with Gasteiger partial charge in [-0.05, 0) is 36.2 Å². The second-order valence-corrected chi connectivity index (χ2v) is 5.51. The van der Waals surface area contributed by atoms with Crippen LogP contribution in [-0.4, -0.2) is 37.0 Å². The van der Waals surface area contributed by atoms with Crippen molar-refractivity contribution in [2.75, 3.05) is 20.1 Å². The molecule has 3 nitrogen and oxygen atoms in total. The Balaban J connectivity index is 1.84. The summed E-state index contributed by atoms with van der Waals surface area (Å²) in [6, 6.07) is 14.4. The highest BCUT2D eigenvalue weighted by Gasteiger charge is 2.20. The van der Waals surface area contributed by atoms with Crippen molar-refractivity contribution >= 4 is 16.7 Å². The van der Waals surface area contributed by atoms with Gasteiger partial charge in [-0.1, -0.05) is 36.4 Å². The lowest BCUT2D eigenvalue weighted by atomic mass is 10.0. The van der Waals surface area contributed by atoms with Gasteiger partial charge in [0.1, 0.15) is 0 Å². The third-order valence-corrected chi connectivity index (χ3v) is 4.02. The number of hydrogen-bond acceptors (Lipinski definition) is 2. The van der Waals surface area contributed by atoms with Crippen molar-refractivity contribution in [1.29, 1.82) is 0 Å². The van der Waals surface area contributed by atoms with Crippen molar-refractivity contribution < 1.29 is 4.79 Å². The highest BCUT2D eigenvalue weighted by atomic mass is 16.2. The van der Waals surface area contributed by atoms with Crippen molar-refractivity contribution in [3.05, 3.63) is 48.0 Å². The van der Waals surface area contributed by atoms with Crippen LogP contribution in [-0.2, 0) is 0 Å². The summed E-state index contributed by atoms with van der Waals surface area (Å²) in [5.74, 6) is 0.107. The third-order valence-electron chi connectivity index (χ3n) is 4.02. The Morgan fingerprint density at radius 3 is 2.85 bits per heavy atom. The molecule has 1 amide bonds. The summed E-state index contributed by atoms with van der Waals surface area (Å²) in [6.45, 7) is 1.85. The molecule has 0 bridgehead atoms. The number of hydrogen-bond donors (Lipinski definition) is 1. The molecular formula is C17H20N2O. The van der Waals surface area contributed by atoms with Gasteiger partial charge in [0.15, 0.2) is 0 Å². The molecule has 0 aromatic heterocycles. The molecule has 1 aliphatic heterocycles. The Bertz CT molecular complexity index is 612. The number of fused-ring (bicyclic) bond motifs is 1. The van der Waals surface area contributed by atoms with Crippen molar-refractivity contribution in [2.24, 2.45) is 0 Å². The van der Waals surface area contributed by atoms with Crippen LogP contribution in [0.5, 0.6) is 0 Å². The van der Waals surface area contributed by atoms with Gasteiger partial charge in [0.05, 0.1) is 0 Å². The van der Waals surface area contributed by atoms with E-state index in [1.807, 2.05) is 54.4 Å². The number of likely N-dealkylation sites (N-methyl/N-ethyl adjacent to an activating group) is 1. The second-order valence-electron chi connectivity index (χ2n) is 5.51. The maximum absolute atomic E-state index is 12.6. The van der Waals surface area contributed by atoms with Crippen molar-refractivity contribution in [2.45, 2.75) is 18.9 Å². The van der Waals surface area contributed by atoms with Crippen LogP contribution < -0.4 is 5.32 Å². The molecule has 0 radical (unpaired) electrons. The molecule has 1 heterocycles. The summed E-state index contributed by atoms with van der Waals surface area (Å²) < 4.78 is 0. The third kappa shape index (κ3) is 2.54. The van der Waals surface area contributed by atoms with Gasteiger partial charge in [0.2, 0.25) is 0 Å². The first-order valence-electron chi connectivity index (χ1n) is 7.22. The zero-order chi connectivity index (χ0) is 13.9. The molecule has 0 spiro atoms. The quantitative estimate of drug-likeness (QED) is 0.928. The molecule has 104 valence electrons. The fraction of sp³-hybridized carbons (Fsp3) is 0.353. The number of carbonyl (C=O) groups excluding carboxylic acids is 1. The van der Waals surface area contributed by atoms with Crippen LogP contribution >= 0.6 is 0 Å². The normalized spacial score (nSPS) is 18.4. The minimum Gasteiger partial charge on any atom is -0.340 e. The van der Waals surface area contributed by atoms with E-state index in [1.165, 1.54) is 6.42 Å². The van der Waals surface area contributed by atoms with Crippen LogP contribution in [0, 0.1) is 0 Å². The molecule has 1 N–H and O–H groups in total. The predicted molar refractivity (Wildman–Crippen MR) is 81.9 cm³/mol. The van der Waals surface area contributed by atoms with E-state index < -0.39 is 0 Å². The minimum atomic E-state index is 0.107. The molecule has 20 heavy (non-hydrogen) atoms. The van der Waals surface area contributed by atoms with Crippen LogP contribution in [0.1, 0.15) is 23.2 Å². The van der Waals surface area contributed by atoms with Gasteiger partial charge in [-0.3, -0.25) is 4.79 Å². The van der Waals surface area contributed by atoms with Gasteiger partial charge in [0, 0.05) is 25.2 Å². The van der Waals surface area contributed by atoms with Crippen LogP contribution in [0.2, 0.25) is 0 Å². The monoisotopic (exact) mass is 268 g/mol. The van der Waals surface area contributed by atoms with Gasteiger partial charge in [-0.2, -0.15) is 0 Å². The summed E-state index contributed by atoms with van der Waals surface area (Å²) >= 11 is 0. The predicted octanol–water partition coefficient (Wildman–Crippen LogP) is 2.66. The number of rotatable bonds is 3. The number of amides is 1. The first kappa shape index (κ1) is 13.1. The van der Waals surface area contributed by atoms with E-state index in [-0.39, 0.29) is 5.91 Å². The summed E-state index contributed by atoms with van der Waals surface area (Å²) in [5, 5.41) is 5.59. The molecule has 3 heteroatoms. The Labute approximate surface area is 119 Å². The van der Waals surface area contributed by atoms with E-state index in [9.17, 15) is 4.79 Å². The summed E-state index contributed by atoms with van der Waals surface area (Å²) in [6.07, 6.45) is 2.37. The van der Waals surface area contributed by atoms with Gasteiger partial charge in [0.25, 0.3) is 5.91 Å². The van der Waals surface area contributed by atoms with E-state index in [4.69, 9.17) is 0 Å². The maximum Gasteiger partial charge on any atom is 0.254 e. The van der Waals surface area contributed by atoms with Crippen LogP contribution in [0.15, 0.2) is 42.5 Å². The van der Waals surface area contributed by atoms with Gasteiger partial charge in [-0.15, -0.1) is 0 Å². The van der Waals surface area contributed by atoms with E-state index in [0.29, 0.717) is 6.04 Å². The second kappa shape index (κ2) is 5.63. The number of benzene rings is 2. The van der Waals surface area contributed by atoms with E-state index in [1.54, 1.807) is 0 Å². The fourth-order valence-electron chi connectivity index (χ4n) is 2.94. The SMILES string of the molecule is CN(CC1CCCN1)C(=O)c1cccc2ccccc12. The summed E-state index contributed by atoms with van der Waals surface area (Å²) in [5.41, 5.74) is 0.795. The smallest absolute Gasteiger partial charge is 0.254 e. The molecule has 1 atom stereocenters. The summed E-state index contributed by atoms with van der Waals surface area (Å²) in [7, 11) is 1.89. The highest BCUT2D eigenvalue weighted by molar-refractivity contribution is 6.06. The Hall–Kier alpha value is -1.87. The average Bonchev–Trinajstić information content (AvgIpc) is 2.99. The first-order valence-corrected chi connectivity index (χ1v) is 7.22. The molecule has 1 unspecified atom stereocenters. The molecule has 1 saturated heterocycles. The average molecular weight is 268 g/mol. The Morgan fingerprint density at radius 2 is 2.05 bits per heavy atom. The Morgan fingerprint density at radius 1 is 1.25 bits per heavy atom. The van der Waals surface area contributed by atoms with Gasteiger partial charge >= 0.3 is 0 Å². The molecular weight excluding hydrogens is 248 g/mol. The maximum atomic E-state index is 12.6. The van der Waals surface area contributed by atoms with Gasteiger partial charge in [-0.25, -0.2) is 0 Å². The van der Waals surface area contributed by atoms with E-state index in [0.717, 1.165) is 35.8 Å². The molecule has 3 rings (SSSR count). The number of carbonyl (C=O) groups is 1. The molecule has 1 fully saturated rings. The highest BCUT2D eigenvalue weighted by Crippen LogP contribution is 2.20. The van der Waals surface area contributed by atoms with E-state index >= 15 is 0 Å². The lowest BCUT2D eigenvalue weighted by Gasteiger charge is -2.22. The lowest BCUT2D eigenvalue weighted by molar-refractivity contribution is 0.0786. The Kier molecular flexibility index (Phi) is 3.70. The zero-order valence-electron chi connectivity index (χ0n) is 11.8. The standard InChI is InChI=1S/C17H20N2O/c1-19(12-14-8-5-11-18-14)17(20)16-10-4-7-13-6-2-3-9-15(13)16/h2-4,6-7,9-10,14,18H,5,8,11-12H2,1H3. The molecule has 0 aliphatic carbocycles. The number of nitrogens with zero attached hydrogens (tertiary/aromatic N) is 1. The zero-order valence-corrected chi connectivity index (χ0v) is 11.8. The molecule has 1 aliphatic rings.